The van der Waals surface area contributed by atoms with E-state index in [4.69, 9.17) is 0 Å². The van der Waals surface area contributed by atoms with Crippen molar-refractivity contribution in [1.82, 2.24) is 18.7 Å². The van der Waals surface area contributed by atoms with E-state index in [1.165, 1.54) is 20.3 Å². The van der Waals surface area contributed by atoms with Crippen molar-refractivity contribution in [2.75, 3.05) is 11.4 Å². The number of anilines is 2. The van der Waals surface area contributed by atoms with Gasteiger partial charge in [0, 0.05) is 32.4 Å². The second-order valence-electron chi connectivity index (χ2n) is 6.78. The molecule has 0 N–H and O–H groups in total. The number of allylic oxidation sites excluding steroid dienone is 1. The van der Waals surface area contributed by atoms with Gasteiger partial charge in [0.2, 0.25) is 5.95 Å². The Bertz CT molecular complexity index is 1150. The molecular formula is C19H21N5O2. The third-order valence-corrected chi connectivity index (χ3v) is 4.83. The molecule has 4 rings (SSSR count). The van der Waals surface area contributed by atoms with Crippen molar-refractivity contribution in [1.29, 1.82) is 0 Å². The lowest BCUT2D eigenvalue weighted by atomic mass is 10.1. The predicted molar refractivity (Wildman–Crippen MR) is 102 cm³/mol. The van der Waals surface area contributed by atoms with Gasteiger partial charge < -0.3 is 9.47 Å². The van der Waals surface area contributed by atoms with Gasteiger partial charge in [0.25, 0.3) is 5.56 Å². The highest BCUT2D eigenvalue weighted by Crippen LogP contribution is 2.32. The Balaban J connectivity index is 1.98. The highest BCUT2D eigenvalue weighted by molar-refractivity contribution is 5.78. The van der Waals surface area contributed by atoms with Crippen LogP contribution in [0.5, 0.6) is 0 Å². The maximum atomic E-state index is 12.9. The monoisotopic (exact) mass is 351 g/mol. The Morgan fingerprint density at radius 1 is 1.15 bits per heavy atom. The zero-order chi connectivity index (χ0) is 18.6. The summed E-state index contributed by atoms with van der Waals surface area (Å²) >= 11 is 0. The van der Waals surface area contributed by atoms with Crippen LogP contribution >= 0.6 is 0 Å². The molecule has 3 aromatic rings. The fraction of sp³-hybridized carbons (Fsp3) is 0.316. The molecule has 1 aliphatic rings. The van der Waals surface area contributed by atoms with Crippen molar-refractivity contribution in [3.8, 4) is 0 Å². The molecule has 0 atom stereocenters. The summed E-state index contributed by atoms with van der Waals surface area (Å²) in [6.45, 7) is 9.34. The van der Waals surface area contributed by atoms with Crippen molar-refractivity contribution in [3.63, 3.8) is 0 Å². The van der Waals surface area contributed by atoms with Gasteiger partial charge in [0.05, 0.1) is 0 Å². The van der Waals surface area contributed by atoms with Crippen LogP contribution in [0.2, 0.25) is 0 Å². The maximum Gasteiger partial charge on any atom is 0.332 e. The van der Waals surface area contributed by atoms with E-state index in [0.29, 0.717) is 23.7 Å². The molecule has 0 amide bonds. The number of imidazole rings is 1. The quantitative estimate of drug-likeness (QED) is 0.676. The molecule has 0 saturated carbocycles. The van der Waals surface area contributed by atoms with E-state index in [0.717, 1.165) is 12.2 Å². The van der Waals surface area contributed by atoms with Crippen molar-refractivity contribution < 1.29 is 0 Å². The lowest BCUT2D eigenvalue weighted by Gasteiger charge is -2.17. The van der Waals surface area contributed by atoms with Crippen LogP contribution in [0.25, 0.3) is 11.2 Å². The minimum atomic E-state index is -0.378. The van der Waals surface area contributed by atoms with Gasteiger partial charge >= 0.3 is 5.69 Å². The van der Waals surface area contributed by atoms with Gasteiger partial charge in [-0.3, -0.25) is 13.9 Å². The first-order valence-electron chi connectivity index (χ1n) is 8.59. The molecule has 3 heterocycles. The first-order valence-corrected chi connectivity index (χ1v) is 8.59. The van der Waals surface area contributed by atoms with Crippen LogP contribution in [0.15, 0.2) is 40.4 Å². The van der Waals surface area contributed by atoms with E-state index < -0.39 is 0 Å². The molecule has 0 spiro atoms. The van der Waals surface area contributed by atoms with E-state index >= 15 is 0 Å². The second kappa shape index (κ2) is 5.72. The average molecular weight is 351 g/mol. The number of aryl methyl sites for hydroxylation is 3. The van der Waals surface area contributed by atoms with Gasteiger partial charge in [0.15, 0.2) is 11.2 Å². The Morgan fingerprint density at radius 3 is 2.50 bits per heavy atom. The zero-order valence-corrected chi connectivity index (χ0v) is 15.2. The lowest BCUT2D eigenvalue weighted by Crippen LogP contribution is -2.39. The summed E-state index contributed by atoms with van der Waals surface area (Å²) in [4.78, 5) is 32.1. The minimum absolute atomic E-state index is 0.183. The van der Waals surface area contributed by atoms with E-state index in [2.05, 4.69) is 48.5 Å². The van der Waals surface area contributed by atoms with Crippen LogP contribution in [-0.4, -0.2) is 25.2 Å². The maximum absolute atomic E-state index is 12.9. The van der Waals surface area contributed by atoms with Crippen molar-refractivity contribution >= 4 is 22.8 Å². The number of hydrogen-bond acceptors (Lipinski definition) is 4. The molecule has 26 heavy (non-hydrogen) atoms. The number of nitrogens with zero attached hydrogens (tertiary/aromatic N) is 5. The van der Waals surface area contributed by atoms with Gasteiger partial charge in [-0.15, -0.1) is 6.58 Å². The van der Waals surface area contributed by atoms with Gasteiger partial charge in [-0.05, 0) is 37.1 Å². The van der Waals surface area contributed by atoms with Gasteiger partial charge in [-0.25, -0.2) is 4.79 Å². The SMILES string of the molecule is C=CCn1c(=O)c2c(nc3n2CCN3c2cc(C)cc(C)c2)n(C)c1=O. The summed E-state index contributed by atoms with van der Waals surface area (Å²) in [5, 5.41) is 0. The molecule has 1 aromatic carbocycles. The first kappa shape index (κ1) is 16.4. The minimum Gasteiger partial charge on any atom is -0.310 e. The normalized spacial score (nSPS) is 13.4. The molecule has 134 valence electrons. The smallest absolute Gasteiger partial charge is 0.310 e. The lowest BCUT2D eigenvalue weighted by molar-refractivity contribution is 0.662. The van der Waals surface area contributed by atoms with Gasteiger partial charge in [0.1, 0.15) is 0 Å². The molecule has 7 heteroatoms. The number of rotatable bonds is 3. The molecule has 0 bridgehead atoms. The molecule has 1 aliphatic heterocycles. The number of benzene rings is 1. The second-order valence-corrected chi connectivity index (χ2v) is 6.78. The van der Waals surface area contributed by atoms with Crippen molar-refractivity contribution in [2.24, 2.45) is 7.05 Å². The van der Waals surface area contributed by atoms with Gasteiger partial charge in [-0.1, -0.05) is 12.1 Å². The van der Waals surface area contributed by atoms with E-state index in [-0.39, 0.29) is 17.8 Å². The number of fused-ring (bicyclic) bond motifs is 3. The number of hydrogen-bond donors (Lipinski definition) is 0. The first-order chi connectivity index (χ1) is 12.4. The average Bonchev–Trinajstić information content (AvgIpc) is 3.15. The third-order valence-electron chi connectivity index (χ3n) is 4.83. The van der Waals surface area contributed by atoms with Crippen LogP contribution in [0.4, 0.5) is 11.6 Å². The molecule has 0 aliphatic carbocycles. The van der Waals surface area contributed by atoms with Crippen LogP contribution in [-0.2, 0) is 20.1 Å². The molecule has 0 fully saturated rings. The Morgan fingerprint density at radius 2 is 1.85 bits per heavy atom. The van der Waals surface area contributed by atoms with E-state index in [1.807, 2.05) is 4.57 Å². The topological polar surface area (TPSA) is 65.1 Å². The summed E-state index contributed by atoms with van der Waals surface area (Å²) in [5.74, 6) is 0.702. The Labute approximate surface area is 150 Å². The van der Waals surface area contributed by atoms with Crippen LogP contribution < -0.4 is 16.1 Å². The van der Waals surface area contributed by atoms with Crippen LogP contribution in [0.3, 0.4) is 0 Å². The fourth-order valence-corrected chi connectivity index (χ4v) is 3.72. The predicted octanol–water partition coefficient (Wildman–Crippen LogP) is 1.85. The van der Waals surface area contributed by atoms with Crippen molar-refractivity contribution in [2.45, 2.75) is 26.9 Å². The highest BCUT2D eigenvalue weighted by Gasteiger charge is 2.28. The standard InChI is InChI=1S/C19H21N5O2/c1-5-6-24-17(25)15-16(21(4)19(24)26)20-18-22(7-8-23(15)18)14-10-12(2)9-13(3)11-14/h5,9-11H,1,6-8H2,2-4H3. The van der Waals surface area contributed by atoms with E-state index in [9.17, 15) is 9.59 Å². The molecule has 0 radical (unpaired) electrons. The van der Waals surface area contributed by atoms with Gasteiger partial charge in [-0.2, -0.15) is 4.98 Å². The summed E-state index contributed by atoms with van der Waals surface area (Å²) in [5.41, 5.74) is 3.60. The fourth-order valence-electron chi connectivity index (χ4n) is 3.72. The molecule has 2 aromatic heterocycles. The van der Waals surface area contributed by atoms with Crippen LogP contribution in [0, 0.1) is 13.8 Å². The Kier molecular flexibility index (Phi) is 3.61. The Hall–Kier alpha value is -3.09. The molecule has 0 unspecified atom stereocenters. The largest absolute Gasteiger partial charge is 0.332 e. The zero-order valence-electron chi connectivity index (χ0n) is 15.2. The summed E-state index contributed by atoms with van der Waals surface area (Å²) in [6.07, 6.45) is 1.55. The van der Waals surface area contributed by atoms with Crippen LogP contribution in [0.1, 0.15) is 11.1 Å². The van der Waals surface area contributed by atoms with E-state index in [1.54, 1.807) is 13.1 Å². The number of aromatic nitrogens is 4. The molecular weight excluding hydrogens is 330 g/mol. The summed E-state index contributed by atoms with van der Waals surface area (Å²) < 4.78 is 4.54. The summed E-state index contributed by atoms with van der Waals surface area (Å²) in [7, 11) is 1.65. The molecule has 0 saturated heterocycles. The summed E-state index contributed by atoms with van der Waals surface area (Å²) in [6, 6.07) is 6.34. The third kappa shape index (κ3) is 2.23. The van der Waals surface area contributed by atoms with Crippen molar-refractivity contribution in [3.05, 3.63) is 62.8 Å². The molecule has 7 nitrogen and oxygen atoms in total. The highest BCUT2D eigenvalue weighted by atomic mass is 16.2.